The summed E-state index contributed by atoms with van der Waals surface area (Å²) in [5, 5.41) is 0. The Morgan fingerprint density at radius 3 is 2.47 bits per heavy atom. The molecule has 0 radical (unpaired) electrons. The molecule has 0 aliphatic rings. The van der Waals surface area contributed by atoms with Crippen LogP contribution in [0.3, 0.4) is 0 Å². The second kappa shape index (κ2) is 5.65. The fraction of sp³-hybridized carbons (Fsp3) is 0.188. The second-order valence-electron chi connectivity index (χ2n) is 4.38. The van der Waals surface area contributed by atoms with Gasteiger partial charge in [0.05, 0.1) is 0 Å². The number of carbonyl (C=O) groups excluding carboxylic acids is 1. The third kappa shape index (κ3) is 2.99. The highest BCUT2D eigenvalue weighted by atomic mass is 19.1. The van der Waals surface area contributed by atoms with Crippen LogP contribution in [0.5, 0.6) is 5.75 Å². The minimum absolute atomic E-state index is 0.147. The molecule has 0 spiro atoms. The lowest BCUT2D eigenvalue weighted by molar-refractivity contribution is 0.101. The van der Waals surface area contributed by atoms with Gasteiger partial charge in [0.25, 0.3) is 0 Å². The summed E-state index contributed by atoms with van der Waals surface area (Å²) in [5.41, 5.74) is 1.69. The molecule has 0 bridgehead atoms. The van der Waals surface area contributed by atoms with Crippen LogP contribution in [-0.4, -0.2) is 5.78 Å². The van der Waals surface area contributed by atoms with E-state index < -0.39 is 5.82 Å². The quantitative estimate of drug-likeness (QED) is 0.777. The number of hydrogen-bond donors (Lipinski definition) is 0. The zero-order valence-electron chi connectivity index (χ0n) is 10.9. The number of carbonyl (C=O) groups is 1. The van der Waals surface area contributed by atoms with Crippen molar-refractivity contribution in [3.63, 3.8) is 0 Å². The largest absolute Gasteiger partial charge is 0.486 e. The number of ether oxygens (including phenoxy) is 1. The van der Waals surface area contributed by atoms with Crippen molar-refractivity contribution in [3.8, 4) is 5.75 Å². The first-order chi connectivity index (χ1) is 9.09. The molecule has 2 aromatic rings. The molecule has 2 aromatic carbocycles. The maximum Gasteiger partial charge on any atom is 0.168 e. The van der Waals surface area contributed by atoms with Crippen LogP contribution < -0.4 is 4.74 Å². The van der Waals surface area contributed by atoms with Gasteiger partial charge in [0, 0.05) is 5.56 Å². The molecule has 0 aromatic heterocycles. The maximum atomic E-state index is 14.0. The first kappa shape index (κ1) is 13.3. The molecule has 0 fully saturated rings. The molecule has 0 N–H and O–H groups in total. The SMILES string of the molecule is CC(=O)c1ccc(OCc2ccccc2)c(F)c1C. The van der Waals surface area contributed by atoms with Crippen LogP contribution in [0.15, 0.2) is 42.5 Å². The molecule has 19 heavy (non-hydrogen) atoms. The van der Waals surface area contributed by atoms with Crippen molar-refractivity contribution in [2.24, 2.45) is 0 Å². The Kier molecular flexibility index (Phi) is 3.95. The van der Waals surface area contributed by atoms with E-state index in [0.29, 0.717) is 17.7 Å². The van der Waals surface area contributed by atoms with Gasteiger partial charge in [-0.3, -0.25) is 4.79 Å². The van der Waals surface area contributed by atoms with Gasteiger partial charge in [-0.1, -0.05) is 30.3 Å². The van der Waals surface area contributed by atoms with Gasteiger partial charge < -0.3 is 4.74 Å². The average Bonchev–Trinajstić information content (AvgIpc) is 2.41. The number of halogens is 1. The summed E-state index contributed by atoms with van der Waals surface area (Å²) in [4.78, 5) is 11.3. The van der Waals surface area contributed by atoms with E-state index in [1.165, 1.54) is 13.0 Å². The molecule has 0 heterocycles. The van der Waals surface area contributed by atoms with Crippen molar-refractivity contribution < 1.29 is 13.9 Å². The van der Waals surface area contributed by atoms with Crippen LogP contribution in [0.2, 0.25) is 0 Å². The number of benzene rings is 2. The molecule has 0 aliphatic heterocycles. The molecule has 98 valence electrons. The number of rotatable bonds is 4. The van der Waals surface area contributed by atoms with Crippen LogP contribution >= 0.6 is 0 Å². The minimum atomic E-state index is -0.469. The van der Waals surface area contributed by atoms with E-state index in [9.17, 15) is 9.18 Å². The van der Waals surface area contributed by atoms with Crippen molar-refractivity contribution in [3.05, 3.63) is 65.0 Å². The summed E-state index contributed by atoms with van der Waals surface area (Å²) in [7, 11) is 0. The number of ketones is 1. The molecule has 2 nitrogen and oxygen atoms in total. The zero-order valence-corrected chi connectivity index (χ0v) is 10.9. The predicted molar refractivity (Wildman–Crippen MR) is 71.9 cm³/mol. The summed E-state index contributed by atoms with van der Waals surface area (Å²) in [5.74, 6) is -0.444. The summed E-state index contributed by atoms with van der Waals surface area (Å²) < 4.78 is 19.5. The molecule has 0 saturated carbocycles. The first-order valence-electron chi connectivity index (χ1n) is 6.06. The van der Waals surface area contributed by atoms with E-state index in [-0.39, 0.29) is 11.5 Å². The lowest BCUT2D eigenvalue weighted by Crippen LogP contribution is -2.03. The Morgan fingerprint density at radius 2 is 1.84 bits per heavy atom. The molecular formula is C16H15FO2. The van der Waals surface area contributed by atoms with E-state index in [1.54, 1.807) is 13.0 Å². The van der Waals surface area contributed by atoms with Crippen LogP contribution in [0.4, 0.5) is 4.39 Å². The number of hydrogen-bond acceptors (Lipinski definition) is 2. The molecule has 0 atom stereocenters. The monoisotopic (exact) mass is 258 g/mol. The van der Waals surface area contributed by atoms with Crippen molar-refractivity contribution in [1.82, 2.24) is 0 Å². The lowest BCUT2D eigenvalue weighted by atomic mass is 10.0. The Morgan fingerprint density at radius 1 is 1.16 bits per heavy atom. The van der Waals surface area contributed by atoms with Gasteiger partial charge in [-0.2, -0.15) is 0 Å². The van der Waals surface area contributed by atoms with Crippen LogP contribution in [0.25, 0.3) is 0 Å². The summed E-state index contributed by atoms with van der Waals surface area (Å²) in [6.07, 6.45) is 0. The van der Waals surface area contributed by atoms with Gasteiger partial charge in [-0.25, -0.2) is 4.39 Å². The molecule has 0 unspecified atom stereocenters. The molecule has 2 rings (SSSR count). The van der Waals surface area contributed by atoms with Crippen molar-refractivity contribution in [2.75, 3.05) is 0 Å². The summed E-state index contributed by atoms with van der Waals surface area (Å²) >= 11 is 0. The van der Waals surface area contributed by atoms with Crippen molar-refractivity contribution >= 4 is 5.78 Å². The van der Waals surface area contributed by atoms with Gasteiger partial charge in [-0.15, -0.1) is 0 Å². The van der Waals surface area contributed by atoms with Gasteiger partial charge in [-0.05, 0) is 37.1 Å². The van der Waals surface area contributed by atoms with E-state index in [0.717, 1.165) is 5.56 Å². The highest BCUT2D eigenvalue weighted by Crippen LogP contribution is 2.24. The van der Waals surface area contributed by atoms with E-state index in [1.807, 2.05) is 30.3 Å². The third-order valence-corrected chi connectivity index (χ3v) is 2.97. The standard InChI is InChI=1S/C16H15FO2/c1-11-14(12(2)18)8-9-15(16(11)17)19-10-13-6-4-3-5-7-13/h3-9H,10H2,1-2H3. The van der Waals surface area contributed by atoms with Gasteiger partial charge in [0.2, 0.25) is 0 Å². The topological polar surface area (TPSA) is 26.3 Å². The van der Waals surface area contributed by atoms with Crippen molar-refractivity contribution in [1.29, 1.82) is 0 Å². The summed E-state index contributed by atoms with van der Waals surface area (Å²) in [6.45, 7) is 3.31. The minimum Gasteiger partial charge on any atom is -0.486 e. The van der Waals surface area contributed by atoms with Crippen LogP contribution in [-0.2, 0) is 6.61 Å². The van der Waals surface area contributed by atoms with Crippen LogP contribution in [0.1, 0.15) is 28.4 Å². The maximum absolute atomic E-state index is 14.0. The van der Waals surface area contributed by atoms with E-state index >= 15 is 0 Å². The Bertz CT molecular complexity index is 591. The van der Waals surface area contributed by atoms with E-state index in [4.69, 9.17) is 4.74 Å². The fourth-order valence-electron chi connectivity index (χ4n) is 1.89. The smallest absolute Gasteiger partial charge is 0.168 e. The molecule has 3 heteroatoms. The third-order valence-electron chi connectivity index (χ3n) is 2.97. The molecule has 0 aliphatic carbocycles. The Labute approximate surface area is 111 Å². The normalized spacial score (nSPS) is 10.3. The number of Topliss-reactive ketones (excluding diaryl/α,β-unsaturated/α-hetero) is 1. The average molecular weight is 258 g/mol. The molecular weight excluding hydrogens is 243 g/mol. The Balaban J connectivity index is 2.18. The fourth-order valence-corrected chi connectivity index (χ4v) is 1.89. The van der Waals surface area contributed by atoms with Gasteiger partial charge in [0.15, 0.2) is 17.3 Å². The molecule has 0 amide bonds. The highest BCUT2D eigenvalue weighted by molar-refractivity contribution is 5.95. The highest BCUT2D eigenvalue weighted by Gasteiger charge is 2.13. The zero-order chi connectivity index (χ0) is 13.8. The Hall–Kier alpha value is -2.16. The lowest BCUT2D eigenvalue weighted by Gasteiger charge is -2.10. The summed E-state index contributed by atoms with van der Waals surface area (Å²) in [6, 6.07) is 12.6. The second-order valence-corrected chi connectivity index (χ2v) is 4.38. The van der Waals surface area contributed by atoms with E-state index in [2.05, 4.69) is 0 Å². The van der Waals surface area contributed by atoms with Crippen LogP contribution in [0, 0.1) is 12.7 Å². The van der Waals surface area contributed by atoms with Gasteiger partial charge in [0.1, 0.15) is 6.61 Å². The first-order valence-corrected chi connectivity index (χ1v) is 6.06. The van der Waals surface area contributed by atoms with Gasteiger partial charge >= 0.3 is 0 Å². The molecule has 0 saturated heterocycles. The van der Waals surface area contributed by atoms with Crippen molar-refractivity contribution in [2.45, 2.75) is 20.5 Å². The predicted octanol–water partition coefficient (Wildman–Crippen LogP) is 3.92.